The van der Waals surface area contributed by atoms with Crippen molar-refractivity contribution in [1.29, 1.82) is 0 Å². The molecular formula is C22H21F2N3O3. The van der Waals surface area contributed by atoms with Gasteiger partial charge in [0.25, 0.3) is 5.91 Å². The van der Waals surface area contributed by atoms with Gasteiger partial charge in [0.1, 0.15) is 17.2 Å². The molecule has 0 radical (unpaired) electrons. The Bertz CT molecular complexity index is 1040. The Morgan fingerprint density at radius 3 is 2.43 bits per heavy atom. The molecule has 30 heavy (non-hydrogen) atoms. The Morgan fingerprint density at radius 2 is 1.77 bits per heavy atom. The summed E-state index contributed by atoms with van der Waals surface area (Å²) < 4.78 is 26.4. The van der Waals surface area contributed by atoms with E-state index in [-0.39, 0.29) is 31.2 Å². The van der Waals surface area contributed by atoms with Gasteiger partial charge in [-0.2, -0.15) is 0 Å². The van der Waals surface area contributed by atoms with E-state index in [0.29, 0.717) is 18.4 Å². The number of urea groups is 1. The van der Waals surface area contributed by atoms with Crippen LogP contribution in [0.4, 0.5) is 13.6 Å². The van der Waals surface area contributed by atoms with Gasteiger partial charge in [-0.05, 0) is 34.4 Å². The molecule has 156 valence electrons. The molecule has 2 aromatic rings. The number of benzene rings is 2. The Kier molecular flexibility index (Phi) is 5.11. The second kappa shape index (κ2) is 7.60. The molecule has 1 aliphatic carbocycles. The molecule has 0 unspecified atom stereocenters. The van der Waals surface area contributed by atoms with E-state index in [0.717, 1.165) is 22.8 Å². The fraction of sp³-hybridized carbons (Fsp3) is 0.318. The Hall–Kier alpha value is -3.13. The predicted molar refractivity (Wildman–Crippen MR) is 105 cm³/mol. The van der Waals surface area contributed by atoms with Gasteiger partial charge in [0.05, 0.1) is 6.54 Å². The first-order valence-corrected chi connectivity index (χ1v) is 9.64. The molecule has 2 N–H and O–H groups in total. The molecule has 1 aliphatic heterocycles. The van der Waals surface area contributed by atoms with Crippen molar-refractivity contribution in [1.82, 2.24) is 15.5 Å². The number of nitrogens with zero attached hydrogens (tertiary/aromatic N) is 1. The molecule has 3 amide bonds. The van der Waals surface area contributed by atoms with Crippen LogP contribution in [-0.4, -0.2) is 41.8 Å². The lowest BCUT2D eigenvalue weighted by Crippen LogP contribution is -2.48. The van der Waals surface area contributed by atoms with Gasteiger partial charge in [-0.3, -0.25) is 14.9 Å². The molecule has 8 heteroatoms. The first-order valence-electron chi connectivity index (χ1n) is 9.64. The summed E-state index contributed by atoms with van der Waals surface area (Å²) in [5.74, 6) is -1.66. The highest BCUT2D eigenvalue weighted by Gasteiger charge is 2.54. The Morgan fingerprint density at radius 1 is 1.07 bits per heavy atom. The number of hydrogen-bond donors (Lipinski definition) is 2. The number of rotatable bonds is 6. The summed E-state index contributed by atoms with van der Waals surface area (Å²) >= 11 is 0. The van der Waals surface area contributed by atoms with Crippen molar-refractivity contribution in [3.8, 4) is 0 Å². The fourth-order valence-electron chi connectivity index (χ4n) is 4.21. The summed E-state index contributed by atoms with van der Waals surface area (Å²) in [4.78, 5) is 38.0. The van der Waals surface area contributed by atoms with Crippen LogP contribution < -0.4 is 10.6 Å². The summed E-state index contributed by atoms with van der Waals surface area (Å²) in [6.45, 7) is 0.251. The summed E-state index contributed by atoms with van der Waals surface area (Å²) in [5.41, 5.74) is 2.32. The lowest BCUT2D eigenvalue weighted by Gasteiger charge is -2.27. The number of amides is 3. The van der Waals surface area contributed by atoms with Crippen molar-refractivity contribution in [3.05, 3.63) is 70.3 Å². The minimum Gasteiger partial charge on any atom is -0.312 e. The van der Waals surface area contributed by atoms with Crippen molar-refractivity contribution in [2.45, 2.75) is 31.3 Å². The molecule has 1 saturated heterocycles. The zero-order chi connectivity index (χ0) is 21.5. The maximum absolute atomic E-state index is 13.2. The molecule has 0 aromatic heterocycles. The number of carbonyl (C=O) groups is 3. The van der Waals surface area contributed by atoms with Gasteiger partial charge >= 0.3 is 6.03 Å². The van der Waals surface area contributed by atoms with E-state index < -0.39 is 23.2 Å². The fourth-order valence-corrected chi connectivity index (χ4v) is 4.21. The van der Waals surface area contributed by atoms with Crippen molar-refractivity contribution < 1.29 is 23.2 Å². The average molecular weight is 413 g/mol. The van der Waals surface area contributed by atoms with Crippen LogP contribution in [0.3, 0.4) is 0 Å². The zero-order valence-electron chi connectivity index (χ0n) is 16.4. The largest absolute Gasteiger partial charge is 0.324 e. The summed E-state index contributed by atoms with van der Waals surface area (Å²) in [6, 6.07) is 8.51. The number of ketones is 1. The molecule has 2 aliphatic rings. The molecule has 6 nitrogen and oxygen atoms in total. The van der Waals surface area contributed by atoms with Crippen LogP contribution in [0.25, 0.3) is 0 Å². The van der Waals surface area contributed by atoms with E-state index in [4.69, 9.17) is 0 Å². The molecule has 1 fully saturated rings. The van der Waals surface area contributed by atoms with Crippen LogP contribution in [0.15, 0.2) is 36.4 Å². The van der Waals surface area contributed by atoms with Crippen LogP contribution in [0.5, 0.6) is 0 Å². The summed E-state index contributed by atoms with van der Waals surface area (Å²) in [7, 11) is 1.62. The van der Waals surface area contributed by atoms with Crippen LogP contribution in [-0.2, 0) is 35.4 Å². The predicted octanol–water partition coefficient (Wildman–Crippen LogP) is 1.89. The molecule has 1 spiro atoms. The van der Waals surface area contributed by atoms with Gasteiger partial charge in [-0.1, -0.05) is 18.2 Å². The standard InChI is InChI=1S/C22H21F2N3O3/c1-27-21(30)26-20(29)22(27)9-15-3-2-13(4-16(15)10-22)7-19(28)12-25-11-14-5-17(23)8-18(24)6-14/h2-6,8,25H,7,9-12H2,1H3,(H,26,29,30)/t22-/m0/s1. The Labute approximate surface area is 172 Å². The van der Waals surface area contributed by atoms with E-state index in [1.165, 1.54) is 17.0 Å². The number of Topliss-reactive ketones (excluding diaryl/α,β-unsaturated/α-hetero) is 1. The monoisotopic (exact) mass is 413 g/mol. The third-order valence-electron chi connectivity index (χ3n) is 5.80. The van der Waals surface area contributed by atoms with E-state index in [1.807, 2.05) is 18.2 Å². The average Bonchev–Trinajstić information content (AvgIpc) is 3.14. The molecule has 0 bridgehead atoms. The van der Waals surface area contributed by atoms with Crippen LogP contribution in [0.1, 0.15) is 22.3 Å². The number of halogens is 2. The van der Waals surface area contributed by atoms with E-state index in [2.05, 4.69) is 10.6 Å². The number of fused-ring (bicyclic) bond motifs is 1. The van der Waals surface area contributed by atoms with E-state index in [1.54, 1.807) is 7.05 Å². The SMILES string of the molecule is CN1C(=O)NC(=O)[C@@]12Cc1ccc(CC(=O)CNCc3cc(F)cc(F)c3)cc1C2. The summed E-state index contributed by atoms with van der Waals surface area (Å²) in [6.07, 6.45) is 1.07. The van der Waals surface area contributed by atoms with E-state index in [9.17, 15) is 23.2 Å². The lowest BCUT2D eigenvalue weighted by molar-refractivity contribution is -0.125. The van der Waals surface area contributed by atoms with Crippen molar-refractivity contribution in [2.75, 3.05) is 13.6 Å². The summed E-state index contributed by atoms with van der Waals surface area (Å²) in [5, 5.41) is 5.27. The maximum atomic E-state index is 13.2. The smallest absolute Gasteiger partial charge is 0.312 e. The van der Waals surface area contributed by atoms with Crippen LogP contribution in [0.2, 0.25) is 0 Å². The van der Waals surface area contributed by atoms with Gasteiger partial charge < -0.3 is 10.2 Å². The normalized spacial score (nSPS) is 20.0. The van der Waals surface area contributed by atoms with Gasteiger partial charge in [0, 0.05) is 38.9 Å². The number of imide groups is 1. The van der Waals surface area contributed by atoms with Crippen molar-refractivity contribution in [2.24, 2.45) is 0 Å². The van der Waals surface area contributed by atoms with Crippen LogP contribution in [0, 0.1) is 11.6 Å². The second-order valence-corrected chi connectivity index (χ2v) is 7.90. The third kappa shape index (κ3) is 3.70. The minimum atomic E-state index is -0.885. The Balaban J connectivity index is 1.36. The van der Waals surface area contributed by atoms with Gasteiger partial charge in [0.2, 0.25) is 0 Å². The first-order chi connectivity index (χ1) is 14.3. The molecule has 0 saturated carbocycles. The molecular weight excluding hydrogens is 392 g/mol. The number of nitrogens with one attached hydrogen (secondary N) is 2. The van der Waals surface area contributed by atoms with Crippen molar-refractivity contribution >= 4 is 17.7 Å². The highest BCUT2D eigenvalue weighted by Crippen LogP contribution is 2.37. The number of hydrogen-bond acceptors (Lipinski definition) is 4. The van der Waals surface area contributed by atoms with E-state index >= 15 is 0 Å². The first kappa shape index (κ1) is 20.2. The minimum absolute atomic E-state index is 0.0644. The molecule has 1 atom stereocenters. The zero-order valence-corrected chi connectivity index (χ0v) is 16.4. The highest BCUT2D eigenvalue weighted by atomic mass is 19.1. The molecule has 4 rings (SSSR count). The molecule has 2 aromatic carbocycles. The quantitative estimate of drug-likeness (QED) is 0.709. The second-order valence-electron chi connectivity index (χ2n) is 7.90. The lowest BCUT2D eigenvalue weighted by atomic mass is 9.95. The topological polar surface area (TPSA) is 78.5 Å². The number of likely N-dealkylation sites (N-methyl/N-ethyl adjacent to an activating group) is 1. The van der Waals surface area contributed by atoms with Gasteiger partial charge in [0.15, 0.2) is 5.78 Å². The maximum Gasteiger partial charge on any atom is 0.324 e. The third-order valence-corrected chi connectivity index (χ3v) is 5.80. The van der Waals surface area contributed by atoms with Crippen molar-refractivity contribution in [3.63, 3.8) is 0 Å². The highest BCUT2D eigenvalue weighted by molar-refractivity contribution is 6.07. The van der Waals surface area contributed by atoms with Gasteiger partial charge in [-0.15, -0.1) is 0 Å². The van der Waals surface area contributed by atoms with Crippen LogP contribution >= 0.6 is 0 Å². The van der Waals surface area contributed by atoms with Gasteiger partial charge in [-0.25, -0.2) is 13.6 Å². The molecule has 1 heterocycles. The number of carbonyl (C=O) groups excluding carboxylic acids is 3.